The zero-order valence-corrected chi connectivity index (χ0v) is 14.5. The molecule has 2 aromatic carbocycles. The van der Waals surface area contributed by atoms with Crippen molar-refractivity contribution in [1.29, 1.82) is 0 Å². The molecule has 3 rings (SSSR count). The molecule has 2 amide bonds. The minimum absolute atomic E-state index is 0.154. The van der Waals surface area contributed by atoms with Gasteiger partial charge in [-0.1, -0.05) is 29.8 Å². The van der Waals surface area contributed by atoms with Gasteiger partial charge in [-0.2, -0.15) is 0 Å². The van der Waals surface area contributed by atoms with Gasteiger partial charge in [0.05, 0.1) is 11.6 Å². The predicted octanol–water partition coefficient (Wildman–Crippen LogP) is 3.53. The average Bonchev–Trinajstić information content (AvgIpc) is 2.82. The van der Waals surface area contributed by atoms with E-state index in [-0.39, 0.29) is 24.2 Å². The summed E-state index contributed by atoms with van der Waals surface area (Å²) in [5.41, 5.74) is 2.70. The highest BCUT2D eigenvalue weighted by atomic mass is 35.5. The Morgan fingerprint density at radius 1 is 1.12 bits per heavy atom. The Kier molecular flexibility index (Phi) is 4.58. The first-order valence-corrected chi connectivity index (χ1v) is 8.22. The Bertz CT molecular complexity index is 771. The third-order valence-electron chi connectivity index (χ3n) is 4.24. The van der Waals surface area contributed by atoms with Crippen molar-refractivity contribution in [2.45, 2.75) is 12.8 Å². The van der Waals surface area contributed by atoms with Crippen LogP contribution in [0.5, 0.6) is 0 Å². The summed E-state index contributed by atoms with van der Waals surface area (Å²) in [4.78, 5) is 28.2. The van der Waals surface area contributed by atoms with Crippen LogP contribution in [0, 0.1) is 5.92 Å². The zero-order valence-electron chi connectivity index (χ0n) is 13.7. The topological polar surface area (TPSA) is 40.6 Å². The Hall–Kier alpha value is -2.33. The second kappa shape index (κ2) is 6.65. The maximum Gasteiger partial charge on any atom is 0.237 e. The standard InChI is InChI=1S/C19H19ClN2O2/c1-21(2)16-8-6-13(7-9-16)10-14-11-18(23)22(19(14)24)17-5-3-4-15(20)12-17/h3-9,12,14H,10-11H2,1-2H3. The van der Waals surface area contributed by atoms with Crippen LogP contribution in [0.1, 0.15) is 12.0 Å². The number of rotatable bonds is 4. The maximum atomic E-state index is 12.7. The van der Waals surface area contributed by atoms with Gasteiger partial charge in [-0.05, 0) is 42.3 Å². The van der Waals surface area contributed by atoms with Crippen molar-refractivity contribution in [2.75, 3.05) is 23.9 Å². The van der Waals surface area contributed by atoms with Crippen molar-refractivity contribution in [3.63, 3.8) is 0 Å². The third-order valence-corrected chi connectivity index (χ3v) is 4.48. The molecule has 124 valence electrons. The SMILES string of the molecule is CN(C)c1ccc(CC2CC(=O)N(c3cccc(Cl)c3)C2=O)cc1. The Morgan fingerprint density at radius 2 is 1.83 bits per heavy atom. The molecule has 1 atom stereocenters. The molecule has 0 N–H and O–H groups in total. The quantitative estimate of drug-likeness (QED) is 0.798. The summed E-state index contributed by atoms with van der Waals surface area (Å²) < 4.78 is 0. The highest BCUT2D eigenvalue weighted by molar-refractivity contribution is 6.31. The first-order valence-electron chi connectivity index (χ1n) is 7.84. The summed E-state index contributed by atoms with van der Waals surface area (Å²) in [6.45, 7) is 0. The zero-order chi connectivity index (χ0) is 17.3. The van der Waals surface area contributed by atoms with E-state index in [0.29, 0.717) is 17.1 Å². The van der Waals surface area contributed by atoms with Crippen LogP contribution < -0.4 is 9.80 Å². The number of benzene rings is 2. The molecular weight excluding hydrogens is 324 g/mol. The first kappa shape index (κ1) is 16.5. The summed E-state index contributed by atoms with van der Waals surface area (Å²) in [6, 6.07) is 14.9. The van der Waals surface area contributed by atoms with Gasteiger partial charge in [0.15, 0.2) is 0 Å². The molecule has 5 heteroatoms. The van der Waals surface area contributed by atoms with E-state index in [9.17, 15) is 9.59 Å². The van der Waals surface area contributed by atoms with Crippen molar-refractivity contribution >= 4 is 34.8 Å². The highest BCUT2D eigenvalue weighted by Gasteiger charge is 2.39. The van der Waals surface area contributed by atoms with Gasteiger partial charge >= 0.3 is 0 Å². The van der Waals surface area contributed by atoms with Crippen LogP contribution in [-0.2, 0) is 16.0 Å². The van der Waals surface area contributed by atoms with E-state index < -0.39 is 0 Å². The molecule has 1 aliphatic heterocycles. The number of hydrogen-bond acceptors (Lipinski definition) is 3. The summed E-state index contributed by atoms with van der Waals surface area (Å²) in [7, 11) is 3.97. The normalized spacial score (nSPS) is 17.5. The summed E-state index contributed by atoms with van der Waals surface area (Å²) in [5.74, 6) is -0.641. The van der Waals surface area contributed by atoms with Gasteiger partial charge in [0.1, 0.15) is 0 Å². The van der Waals surface area contributed by atoms with E-state index in [2.05, 4.69) is 0 Å². The molecule has 4 nitrogen and oxygen atoms in total. The van der Waals surface area contributed by atoms with Crippen LogP contribution in [-0.4, -0.2) is 25.9 Å². The molecule has 0 radical (unpaired) electrons. The number of carbonyl (C=O) groups is 2. The van der Waals surface area contributed by atoms with Crippen molar-refractivity contribution in [3.8, 4) is 0 Å². The number of imide groups is 1. The molecule has 1 heterocycles. The molecule has 2 aromatic rings. The first-order chi connectivity index (χ1) is 11.5. The fourth-order valence-electron chi connectivity index (χ4n) is 2.96. The summed E-state index contributed by atoms with van der Waals surface area (Å²) in [6.07, 6.45) is 0.802. The third kappa shape index (κ3) is 3.29. The molecule has 0 aromatic heterocycles. The number of amides is 2. The van der Waals surface area contributed by atoms with E-state index in [4.69, 9.17) is 11.6 Å². The monoisotopic (exact) mass is 342 g/mol. The Labute approximate surface area is 146 Å². The lowest BCUT2D eigenvalue weighted by molar-refractivity contribution is -0.122. The van der Waals surface area contributed by atoms with Gasteiger partial charge in [0.25, 0.3) is 0 Å². The van der Waals surface area contributed by atoms with E-state index in [1.807, 2.05) is 43.3 Å². The molecule has 24 heavy (non-hydrogen) atoms. The van der Waals surface area contributed by atoms with Crippen LogP contribution in [0.2, 0.25) is 5.02 Å². The van der Waals surface area contributed by atoms with E-state index >= 15 is 0 Å². The molecule has 1 aliphatic rings. The van der Waals surface area contributed by atoms with Crippen LogP contribution in [0.25, 0.3) is 0 Å². The van der Waals surface area contributed by atoms with Crippen LogP contribution in [0.15, 0.2) is 48.5 Å². The lowest BCUT2D eigenvalue weighted by Crippen LogP contribution is -2.30. The van der Waals surface area contributed by atoms with Crippen LogP contribution >= 0.6 is 11.6 Å². The predicted molar refractivity (Wildman–Crippen MR) is 96.5 cm³/mol. The minimum atomic E-state index is -0.318. The molecule has 1 fully saturated rings. The van der Waals surface area contributed by atoms with Gasteiger partial charge in [-0.25, -0.2) is 0 Å². The molecular formula is C19H19ClN2O2. The fourth-order valence-corrected chi connectivity index (χ4v) is 3.14. The molecule has 1 saturated heterocycles. The van der Waals surface area contributed by atoms with E-state index in [0.717, 1.165) is 11.3 Å². The Balaban J connectivity index is 1.76. The second-order valence-electron chi connectivity index (χ2n) is 6.21. The largest absolute Gasteiger partial charge is 0.378 e. The fraction of sp³-hybridized carbons (Fsp3) is 0.263. The van der Waals surface area contributed by atoms with Crippen molar-refractivity contribution in [3.05, 3.63) is 59.1 Å². The molecule has 0 saturated carbocycles. The minimum Gasteiger partial charge on any atom is -0.378 e. The molecule has 0 aliphatic carbocycles. The number of carbonyl (C=O) groups excluding carboxylic acids is 2. The lowest BCUT2D eigenvalue weighted by Gasteiger charge is -2.16. The van der Waals surface area contributed by atoms with Crippen molar-refractivity contribution in [1.82, 2.24) is 0 Å². The number of nitrogens with zero attached hydrogens (tertiary/aromatic N) is 2. The number of halogens is 1. The summed E-state index contributed by atoms with van der Waals surface area (Å²) >= 11 is 5.97. The van der Waals surface area contributed by atoms with E-state index in [1.165, 1.54) is 4.90 Å². The Morgan fingerprint density at radius 3 is 2.46 bits per heavy atom. The maximum absolute atomic E-state index is 12.7. The van der Waals surface area contributed by atoms with Gasteiger partial charge in [0, 0.05) is 31.2 Å². The molecule has 1 unspecified atom stereocenters. The molecule has 0 bridgehead atoms. The van der Waals surface area contributed by atoms with E-state index in [1.54, 1.807) is 24.3 Å². The van der Waals surface area contributed by atoms with Gasteiger partial charge < -0.3 is 4.90 Å². The van der Waals surface area contributed by atoms with Crippen LogP contribution in [0.3, 0.4) is 0 Å². The average molecular weight is 343 g/mol. The van der Waals surface area contributed by atoms with Gasteiger partial charge in [-0.3, -0.25) is 14.5 Å². The smallest absolute Gasteiger partial charge is 0.237 e. The number of hydrogen-bond donors (Lipinski definition) is 0. The highest BCUT2D eigenvalue weighted by Crippen LogP contribution is 2.30. The van der Waals surface area contributed by atoms with Gasteiger partial charge in [0.2, 0.25) is 11.8 Å². The van der Waals surface area contributed by atoms with Gasteiger partial charge in [-0.15, -0.1) is 0 Å². The lowest BCUT2D eigenvalue weighted by atomic mass is 9.97. The summed E-state index contributed by atoms with van der Waals surface area (Å²) in [5, 5.41) is 0.510. The molecule has 0 spiro atoms. The second-order valence-corrected chi connectivity index (χ2v) is 6.65. The van der Waals surface area contributed by atoms with Crippen molar-refractivity contribution < 1.29 is 9.59 Å². The van der Waals surface area contributed by atoms with Crippen LogP contribution in [0.4, 0.5) is 11.4 Å². The number of anilines is 2. The van der Waals surface area contributed by atoms with Crippen molar-refractivity contribution in [2.24, 2.45) is 5.92 Å².